The number of hydrogen-bond acceptors (Lipinski definition) is 3. The lowest BCUT2D eigenvalue weighted by Crippen LogP contribution is -2.17. The highest BCUT2D eigenvalue weighted by molar-refractivity contribution is 14.1. The molecule has 18 heavy (non-hydrogen) atoms. The molecule has 0 saturated carbocycles. The summed E-state index contributed by atoms with van der Waals surface area (Å²) in [5.74, 6) is -0.251. The van der Waals surface area contributed by atoms with Crippen molar-refractivity contribution in [1.82, 2.24) is 10.4 Å². The van der Waals surface area contributed by atoms with Gasteiger partial charge < -0.3 is 0 Å². The molecule has 1 aromatic heterocycles. The van der Waals surface area contributed by atoms with Crippen LogP contribution in [0.5, 0.6) is 0 Å². The molecule has 2 rings (SSSR count). The zero-order valence-corrected chi connectivity index (χ0v) is 11.5. The third kappa shape index (κ3) is 3.63. The van der Waals surface area contributed by atoms with Crippen molar-refractivity contribution in [2.24, 2.45) is 5.10 Å². The van der Waals surface area contributed by atoms with Crippen LogP contribution in [0.3, 0.4) is 0 Å². The second kappa shape index (κ2) is 6.25. The minimum atomic E-state index is -0.251. The van der Waals surface area contributed by atoms with E-state index in [1.165, 1.54) is 0 Å². The summed E-state index contributed by atoms with van der Waals surface area (Å²) < 4.78 is 1.16. The number of rotatable bonds is 3. The zero-order chi connectivity index (χ0) is 12.8. The Kier molecular flexibility index (Phi) is 4.40. The summed E-state index contributed by atoms with van der Waals surface area (Å²) in [6, 6.07) is 11.1. The van der Waals surface area contributed by atoms with Gasteiger partial charge in [0.05, 0.1) is 6.21 Å². The number of pyridine rings is 1. The molecule has 0 unspecified atom stereocenters. The van der Waals surface area contributed by atoms with Crippen molar-refractivity contribution < 1.29 is 4.79 Å². The van der Waals surface area contributed by atoms with Gasteiger partial charge in [-0.2, -0.15) is 5.10 Å². The molecule has 0 aliphatic heterocycles. The molecule has 0 aliphatic rings. The van der Waals surface area contributed by atoms with Crippen LogP contribution in [0.2, 0.25) is 0 Å². The Hall–Kier alpha value is -1.76. The molecule has 0 aliphatic carbocycles. The van der Waals surface area contributed by atoms with Crippen LogP contribution in [0, 0.1) is 3.57 Å². The standard InChI is InChI=1S/C13H10IN3O/c14-12-3-1-10(2-4-12)9-16-17-13(18)11-5-7-15-8-6-11/h1-9H,(H,17,18)/b16-9-. The molecular weight excluding hydrogens is 341 g/mol. The van der Waals surface area contributed by atoms with Crippen LogP contribution in [0.1, 0.15) is 15.9 Å². The van der Waals surface area contributed by atoms with E-state index in [0.717, 1.165) is 9.13 Å². The Morgan fingerprint density at radius 3 is 2.50 bits per heavy atom. The molecule has 1 N–H and O–H groups in total. The largest absolute Gasteiger partial charge is 0.271 e. The van der Waals surface area contributed by atoms with Crippen LogP contribution in [0.4, 0.5) is 0 Å². The predicted octanol–water partition coefficient (Wildman–Crippen LogP) is 2.45. The number of hydrogen-bond donors (Lipinski definition) is 1. The smallest absolute Gasteiger partial charge is 0.267 e. The summed E-state index contributed by atoms with van der Waals surface area (Å²) in [5, 5.41) is 3.90. The molecule has 90 valence electrons. The van der Waals surface area contributed by atoms with Crippen molar-refractivity contribution in [3.63, 3.8) is 0 Å². The molecule has 4 nitrogen and oxygen atoms in total. The molecule has 0 saturated heterocycles. The second-order valence-corrected chi connectivity index (χ2v) is 4.73. The van der Waals surface area contributed by atoms with E-state index < -0.39 is 0 Å². The third-order valence-corrected chi connectivity index (χ3v) is 2.91. The monoisotopic (exact) mass is 351 g/mol. The summed E-state index contributed by atoms with van der Waals surface area (Å²) in [7, 11) is 0. The Labute approximate surface area is 118 Å². The fraction of sp³-hybridized carbons (Fsp3) is 0. The van der Waals surface area contributed by atoms with Gasteiger partial charge in [-0.1, -0.05) is 12.1 Å². The van der Waals surface area contributed by atoms with E-state index >= 15 is 0 Å². The highest BCUT2D eigenvalue weighted by atomic mass is 127. The van der Waals surface area contributed by atoms with Gasteiger partial charge in [-0.15, -0.1) is 0 Å². The highest BCUT2D eigenvalue weighted by Crippen LogP contribution is 2.04. The molecule has 0 spiro atoms. The number of hydrazone groups is 1. The number of nitrogens with one attached hydrogen (secondary N) is 1. The predicted molar refractivity (Wildman–Crippen MR) is 78.5 cm³/mol. The van der Waals surface area contributed by atoms with Gasteiger partial charge in [0.1, 0.15) is 0 Å². The average molecular weight is 351 g/mol. The normalized spacial score (nSPS) is 10.5. The van der Waals surface area contributed by atoms with E-state index in [-0.39, 0.29) is 5.91 Å². The van der Waals surface area contributed by atoms with Crippen molar-refractivity contribution >= 4 is 34.7 Å². The van der Waals surface area contributed by atoms with Crippen molar-refractivity contribution in [2.75, 3.05) is 0 Å². The molecule has 2 aromatic rings. The Balaban J connectivity index is 1.96. The molecule has 5 heteroatoms. The summed E-state index contributed by atoms with van der Waals surface area (Å²) >= 11 is 2.23. The summed E-state index contributed by atoms with van der Waals surface area (Å²) in [4.78, 5) is 15.5. The van der Waals surface area contributed by atoms with E-state index in [1.807, 2.05) is 24.3 Å². The highest BCUT2D eigenvalue weighted by Gasteiger charge is 2.01. The Morgan fingerprint density at radius 1 is 1.17 bits per heavy atom. The van der Waals surface area contributed by atoms with Crippen molar-refractivity contribution in [2.45, 2.75) is 0 Å². The quantitative estimate of drug-likeness (QED) is 0.525. The summed E-state index contributed by atoms with van der Waals surface area (Å²) in [6.45, 7) is 0. The van der Waals surface area contributed by atoms with E-state index in [4.69, 9.17) is 0 Å². The number of carbonyl (C=O) groups is 1. The summed E-state index contributed by atoms with van der Waals surface area (Å²) in [6.07, 6.45) is 4.74. The van der Waals surface area contributed by atoms with Gasteiger partial charge in [-0.25, -0.2) is 5.43 Å². The van der Waals surface area contributed by atoms with Gasteiger partial charge >= 0.3 is 0 Å². The van der Waals surface area contributed by atoms with Gasteiger partial charge in [0, 0.05) is 21.5 Å². The first-order chi connectivity index (χ1) is 8.75. The first-order valence-electron chi connectivity index (χ1n) is 5.25. The van der Waals surface area contributed by atoms with Crippen LogP contribution in [-0.4, -0.2) is 17.1 Å². The van der Waals surface area contributed by atoms with Crippen LogP contribution < -0.4 is 5.43 Å². The molecular formula is C13H10IN3O. The SMILES string of the molecule is O=C(N/N=C\c1ccc(I)cc1)c1ccncc1. The van der Waals surface area contributed by atoms with Crippen LogP contribution in [-0.2, 0) is 0 Å². The molecule has 1 amide bonds. The van der Waals surface area contributed by atoms with Gasteiger partial charge in [-0.05, 0) is 52.4 Å². The van der Waals surface area contributed by atoms with Crippen molar-refractivity contribution in [1.29, 1.82) is 0 Å². The molecule has 0 atom stereocenters. The first kappa shape index (κ1) is 12.7. The van der Waals surface area contributed by atoms with E-state index in [2.05, 4.69) is 38.1 Å². The van der Waals surface area contributed by atoms with E-state index in [1.54, 1.807) is 30.7 Å². The second-order valence-electron chi connectivity index (χ2n) is 3.49. The lowest BCUT2D eigenvalue weighted by Gasteiger charge is -1.98. The maximum atomic E-state index is 11.6. The lowest BCUT2D eigenvalue weighted by molar-refractivity contribution is 0.0955. The van der Waals surface area contributed by atoms with Crippen molar-refractivity contribution in [3.8, 4) is 0 Å². The van der Waals surface area contributed by atoms with Crippen LogP contribution in [0.25, 0.3) is 0 Å². The minimum Gasteiger partial charge on any atom is -0.267 e. The van der Waals surface area contributed by atoms with E-state index in [9.17, 15) is 4.79 Å². The van der Waals surface area contributed by atoms with Gasteiger partial charge in [-0.3, -0.25) is 9.78 Å². The number of nitrogens with zero attached hydrogens (tertiary/aromatic N) is 2. The molecule has 0 bridgehead atoms. The maximum absolute atomic E-state index is 11.6. The van der Waals surface area contributed by atoms with Crippen LogP contribution >= 0.6 is 22.6 Å². The fourth-order valence-electron chi connectivity index (χ4n) is 1.28. The molecule has 1 aromatic carbocycles. The van der Waals surface area contributed by atoms with Crippen LogP contribution in [0.15, 0.2) is 53.9 Å². The maximum Gasteiger partial charge on any atom is 0.271 e. The average Bonchev–Trinajstić information content (AvgIpc) is 2.42. The van der Waals surface area contributed by atoms with Crippen molar-refractivity contribution in [3.05, 3.63) is 63.5 Å². The molecule has 0 radical (unpaired) electrons. The molecule has 1 heterocycles. The van der Waals surface area contributed by atoms with Gasteiger partial charge in [0.15, 0.2) is 0 Å². The Bertz CT molecular complexity index is 552. The fourth-order valence-corrected chi connectivity index (χ4v) is 1.64. The number of carbonyl (C=O) groups excluding carboxylic acids is 1. The minimum absolute atomic E-state index is 0.251. The topological polar surface area (TPSA) is 54.4 Å². The third-order valence-electron chi connectivity index (χ3n) is 2.19. The summed E-state index contributed by atoms with van der Waals surface area (Å²) in [5.41, 5.74) is 3.93. The Morgan fingerprint density at radius 2 is 1.83 bits per heavy atom. The zero-order valence-electron chi connectivity index (χ0n) is 9.38. The van der Waals surface area contributed by atoms with Gasteiger partial charge in [0.25, 0.3) is 5.91 Å². The number of benzene rings is 1. The number of halogens is 1. The number of aromatic nitrogens is 1. The number of amides is 1. The molecule has 0 fully saturated rings. The van der Waals surface area contributed by atoms with E-state index in [0.29, 0.717) is 5.56 Å². The lowest BCUT2D eigenvalue weighted by atomic mass is 10.2. The first-order valence-corrected chi connectivity index (χ1v) is 6.32. The van der Waals surface area contributed by atoms with Gasteiger partial charge in [0.2, 0.25) is 0 Å².